The van der Waals surface area contributed by atoms with Crippen molar-refractivity contribution < 1.29 is 8.42 Å². The molecule has 21 heavy (non-hydrogen) atoms. The number of aryl methyl sites for hydroxylation is 1. The van der Waals surface area contributed by atoms with Crippen LogP contribution in [0.3, 0.4) is 0 Å². The second-order valence-corrected chi connectivity index (χ2v) is 7.84. The Morgan fingerprint density at radius 1 is 1.38 bits per heavy atom. The molecule has 0 amide bonds. The van der Waals surface area contributed by atoms with Gasteiger partial charge in [0.1, 0.15) is 0 Å². The second-order valence-electron chi connectivity index (χ2n) is 5.94. The Labute approximate surface area is 128 Å². The van der Waals surface area contributed by atoms with Crippen LogP contribution in [0.1, 0.15) is 37.8 Å². The normalized spacial score (nSPS) is 20.6. The average Bonchev–Trinajstić information content (AvgIpc) is 2.47. The predicted octanol–water partition coefficient (Wildman–Crippen LogP) is 2.39. The molecule has 1 N–H and O–H groups in total. The highest BCUT2D eigenvalue weighted by Crippen LogP contribution is 2.26. The van der Waals surface area contributed by atoms with Gasteiger partial charge < -0.3 is 5.32 Å². The zero-order valence-electron chi connectivity index (χ0n) is 13.2. The summed E-state index contributed by atoms with van der Waals surface area (Å²) in [5, 5.41) is 3.08. The van der Waals surface area contributed by atoms with Gasteiger partial charge in [0, 0.05) is 19.6 Å². The molecule has 0 aromatic heterocycles. The zero-order chi connectivity index (χ0) is 15.5. The number of hydrogen-bond acceptors (Lipinski definition) is 3. The lowest BCUT2D eigenvalue weighted by Gasteiger charge is -2.30. The van der Waals surface area contributed by atoms with Crippen LogP contribution in [0.5, 0.6) is 0 Å². The maximum Gasteiger partial charge on any atom is 0.243 e. The largest absolute Gasteiger partial charge is 0.316 e. The van der Waals surface area contributed by atoms with Crippen LogP contribution in [0.25, 0.3) is 0 Å². The summed E-state index contributed by atoms with van der Waals surface area (Å²) in [5.41, 5.74) is 1.92. The van der Waals surface area contributed by atoms with Gasteiger partial charge in [0.05, 0.1) is 4.90 Å². The molecule has 1 aliphatic heterocycles. The summed E-state index contributed by atoms with van der Waals surface area (Å²) < 4.78 is 27.6. The molecule has 0 saturated carbocycles. The van der Waals surface area contributed by atoms with Crippen molar-refractivity contribution in [2.75, 3.05) is 20.1 Å². The Morgan fingerprint density at radius 3 is 2.76 bits per heavy atom. The average molecular weight is 310 g/mol. The first kappa shape index (κ1) is 16.5. The fraction of sp³-hybridized carbons (Fsp3) is 0.625. The number of rotatable bonds is 5. The van der Waals surface area contributed by atoms with Crippen LogP contribution in [0.4, 0.5) is 0 Å². The topological polar surface area (TPSA) is 49.4 Å². The van der Waals surface area contributed by atoms with Gasteiger partial charge in [-0.05, 0) is 49.4 Å². The monoisotopic (exact) mass is 310 g/mol. The molecule has 1 aromatic carbocycles. The quantitative estimate of drug-likeness (QED) is 0.908. The number of benzene rings is 1. The highest BCUT2D eigenvalue weighted by Gasteiger charge is 2.30. The molecule has 1 saturated heterocycles. The van der Waals surface area contributed by atoms with Crippen LogP contribution in [-0.2, 0) is 23.0 Å². The van der Waals surface area contributed by atoms with E-state index in [-0.39, 0.29) is 0 Å². The van der Waals surface area contributed by atoms with E-state index in [2.05, 4.69) is 12.2 Å². The van der Waals surface area contributed by atoms with E-state index in [4.69, 9.17) is 0 Å². The van der Waals surface area contributed by atoms with Crippen LogP contribution >= 0.6 is 0 Å². The van der Waals surface area contributed by atoms with Gasteiger partial charge in [-0.15, -0.1) is 0 Å². The number of nitrogens with one attached hydrogen (secondary N) is 1. The van der Waals surface area contributed by atoms with Crippen LogP contribution in [-0.4, -0.2) is 32.9 Å². The standard InChI is InChI=1S/C16H26N2O2S/c1-4-15-8-7-14(11-17-3)10-16(15)21(19,20)18-9-5-6-13(2)12-18/h7-8,10,13,17H,4-6,9,11-12H2,1-3H3. The van der Waals surface area contributed by atoms with Gasteiger partial charge in [-0.2, -0.15) is 4.31 Å². The van der Waals surface area contributed by atoms with Crippen LogP contribution < -0.4 is 5.32 Å². The lowest BCUT2D eigenvalue weighted by atomic mass is 10.0. The van der Waals surface area contributed by atoms with E-state index in [1.165, 1.54) is 0 Å². The van der Waals surface area contributed by atoms with Crippen molar-refractivity contribution in [3.05, 3.63) is 29.3 Å². The molecule has 118 valence electrons. The van der Waals surface area contributed by atoms with Gasteiger partial charge >= 0.3 is 0 Å². The zero-order valence-corrected chi connectivity index (χ0v) is 14.0. The third-order valence-corrected chi connectivity index (χ3v) is 6.08. The molecular formula is C16H26N2O2S. The molecule has 0 radical (unpaired) electrons. The Balaban J connectivity index is 2.39. The summed E-state index contributed by atoms with van der Waals surface area (Å²) in [7, 11) is -1.50. The van der Waals surface area contributed by atoms with Crippen LogP contribution in [0.2, 0.25) is 0 Å². The van der Waals surface area contributed by atoms with Gasteiger partial charge in [0.25, 0.3) is 0 Å². The number of hydrogen-bond donors (Lipinski definition) is 1. The first-order valence-corrected chi connectivity index (χ1v) is 9.19. The minimum Gasteiger partial charge on any atom is -0.316 e. The molecule has 1 aromatic rings. The second kappa shape index (κ2) is 6.90. The summed E-state index contributed by atoms with van der Waals surface area (Å²) in [6.45, 7) is 6.10. The third-order valence-electron chi connectivity index (χ3n) is 4.13. The minimum absolute atomic E-state index is 0.444. The molecule has 1 heterocycles. The van der Waals surface area contributed by atoms with Crippen molar-refractivity contribution in [1.29, 1.82) is 0 Å². The van der Waals surface area contributed by atoms with Gasteiger partial charge in [-0.3, -0.25) is 0 Å². The van der Waals surface area contributed by atoms with Gasteiger partial charge in [-0.25, -0.2) is 8.42 Å². The SMILES string of the molecule is CCc1ccc(CNC)cc1S(=O)(=O)N1CCCC(C)C1. The highest BCUT2D eigenvalue weighted by molar-refractivity contribution is 7.89. The molecule has 1 aliphatic rings. The summed E-state index contributed by atoms with van der Waals surface area (Å²) in [4.78, 5) is 0.492. The first-order chi connectivity index (χ1) is 9.98. The van der Waals surface area contributed by atoms with E-state index >= 15 is 0 Å². The smallest absolute Gasteiger partial charge is 0.243 e. The lowest BCUT2D eigenvalue weighted by Crippen LogP contribution is -2.39. The van der Waals surface area contributed by atoms with E-state index in [0.29, 0.717) is 30.4 Å². The first-order valence-electron chi connectivity index (χ1n) is 7.75. The fourth-order valence-electron chi connectivity index (χ4n) is 2.95. The Kier molecular flexibility index (Phi) is 5.41. The van der Waals surface area contributed by atoms with Crippen molar-refractivity contribution >= 4 is 10.0 Å². The van der Waals surface area contributed by atoms with Gasteiger partial charge in [-0.1, -0.05) is 26.0 Å². The third kappa shape index (κ3) is 3.65. The Bertz CT molecular complexity index is 584. The summed E-state index contributed by atoms with van der Waals surface area (Å²) in [6, 6.07) is 5.80. The lowest BCUT2D eigenvalue weighted by molar-refractivity contribution is 0.281. The van der Waals surface area contributed by atoms with Crippen LogP contribution in [0, 0.1) is 5.92 Å². The minimum atomic E-state index is -3.37. The van der Waals surface area contributed by atoms with Crippen molar-refractivity contribution in [2.24, 2.45) is 5.92 Å². The van der Waals surface area contributed by atoms with Gasteiger partial charge in [0.15, 0.2) is 0 Å². The molecular weight excluding hydrogens is 284 g/mol. The van der Waals surface area contributed by atoms with E-state index in [0.717, 1.165) is 30.4 Å². The molecule has 4 nitrogen and oxygen atoms in total. The maximum atomic E-state index is 13.0. The molecule has 0 bridgehead atoms. The summed E-state index contributed by atoms with van der Waals surface area (Å²) in [5.74, 6) is 0.444. The molecule has 0 aliphatic carbocycles. The number of nitrogens with zero attached hydrogens (tertiary/aromatic N) is 1. The molecule has 1 atom stereocenters. The highest BCUT2D eigenvalue weighted by atomic mass is 32.2. The molecule has 0 spiro atoms. The molecule has 2 rings (SSSR count). The van der Waals surface area contributed by atoms with E-state index in [1.54, 1.807) is 4.31 Å². The summed E-state index contributed by atoms with van der Waals surface area (Å²) >= 11 is 0. The van der Waals surface area contributed by atoms with Crippen LogP contribution in [0.15, 0.2) is 23.1 Å². The Hall–Kier alpha value is -0.910. The number of piperidine rings is 1. The van der Waals surface area contributed by atoms with Crippen molar-refractivity contribution in [2.45, 2.75) is 44.6 Å². The number of sulfonamides is 1. The molecule has 5 heteroatoms. The predicted molar refractivity (Wildman–Crippen MR) is 85.7 cm³/mol. The Morgan fingerprint density at radius 2 is 2.14 bits per heavy atom. The maximum absolute atomic E-state index is 13.0. The molecule has 1 fully saturated rings. The van der Waals surface area contributed by atoms with Crippen molar-refractivity contribution in [3.8, 4) is 0 Å². The summed E-state index contributed by atoms with van der Waals surface area (Å²) in [6.07, 6.45) is 2.81. The van der Waals surface area contributed by atoms with Gasteiger partial charge in [0.2, 0.25) is 10.0 Å². The van der Waals surface area contributed by atoms with E-state index in [1.807, 2.05) is 32.2 Å². The van der Waals surface area contributed by atoms with E-state index < -0.39 is 10.0 Å². The fourth-order valence-corrected chi connectivity index (χ4v) is 4.89. The van der Waals surface area contributed by atoms with Crippen molar-refractivity contribution in [3.63, 3.8) is 0 Å². The van der Waals surface area contributed by atoms with Crippen molar-refractivity contribution in [1.82, 2.24) is 9.62 Å². The van der Waals surface area contributed by atoms with E-state index in [9.17, 15) is 8.42 Å². The molecule has 1 unspecified atom stereocenters.